The fourth-order valence-electron chi connectivity index (χ4n) is 2.26. The number of rotatable bonds is 7. The second-order valence-corrected chi connectivity index (χ2v) is 7.86. The van der Waals surface area contributed by atoms with Crippen LogP contribution in [0.4, 0.5) is 0 Å². The van der Waals surface area contributed by atoms with E-state index in [4.69, 9.17) is 0 Å². The molecule has 1 N–H and O–H groups in total. The van der Waals surface area contributed by atoms with Crippen molar-refractivity contribution in [2.24, 2.45) is 13.0 Å². The first-order valence-corrected chi connectivity index (χ1v) is 8.58. The van der Waals surface area contributed by atoms with E-state index in [1.807, 2.05) is 0 Å². The van der Waals surface area contributed by atoms with Crippen LogP contribution in [0.25, 0.3) is 0 Å². The van der Waals surface area contributed by atoms with Crippen LogP contribution >= 0.6 is 0 Å². The van der Waals surface area contributed by atoms with Crippen LogP contribution in [0.5, 0.6) is 0 Å². The van der Waals surface area contributed by atoms with Gasteiger partial charge in [-0.05, 0) is 31.2 Å². The van der Waals surface area contributed by atoms with Crippen LogP contribution < -0.4 is 0 Å². The molecule has 1 saturated carbocycles. The Morgan fingerprint density at radius 2 is 2.10 bits per heavy atom. The van der Waals surface area contributed by atoms with Gasteiger partial charge in [-0.25, -0.2) is 8.42 Å². The van der Waals surface area contributed by atoms with Crippen molar-refractivity contribution in [3.05, 3.63) is 18.0 Å². The lowest BCUT2D eigenvalue weighted by Crippen LogP contribution is -2.34. The summed E-state index contributed by atoms with van der Waals surface area (Å²) < 4.78 is 28.8. The van der Waals surface area contributed by atoms with Crippen LogP contribution in [0.2, 0.25) is 0 Å². The van der Waals surface area contributed by atoms with Crippen molar-refractivity contribution in [2.45, 2.75) is 50.7 Å². The van der Waals surface area contributed by atoms with E-state index in [1.54, 1.807) is 28.2 Å². The number of aromatic nitrogens is 1. The number of aliphatic hydroxyl groups is 1. The zero-order valence-corrected chi connectivity index (χ0v) is 13.2. The van der Waals surface area contributed by atoms with Crippen molar-refractivity contribution in [3.8, 4) is 0 Å². The Balaban J connectivity index is 2.25. The predicted octanol–water partition coefficient (Wildman–Crippen LogP) is 1.72. The standard InChI is InChI=1S/C14H24N2O3S/c1-11(2)6-7-16(12-4-5-12)20(18,19)14-8-13(10-17)15(3)9-14/h8-9,11-12,17H,4-7,10H2,1-3H3. The van der Waals surface area contributed by atoms with Crippen LogP contribution in [0.15, 0.2) is 17.2 Å². The van der Waals surface area contributed by atoms with E-state index in [1.165, 1.54) is 0 Å². The first-order chi connectivity index (χ1) is 9.36. The van der Waals surface area contributed by atoms with Crippen LogP contribution in [0.1, 0.15) is 38.8 Å². The van der Waals surface area contributed by atoms with Crippen molar-refractivity contribution < 1.29 is 13.5 Å². The Bertz CT molecular complexity index is 559. The highest BCUT2D eigenvalue weighted by Crippen LogP contribution is 2.33. The fourth-order valence-corrected chi connectivity index (χ4v) is 4.05. The summed E-state index contributed by atoms with van der Waals surface area (Å²) in [5.74, 6) is 0.482. The first-order valence-electron chi connectivity index (χ1n) is 7.14. The topological polar surface area (TPSA) is 62.5 Å². The molecule has 1 fully saturated rings. The predicted molar refractivity (Wildman–Crippen MR) is 77.7 cm³/mol. The third kappa shape index (κ3) is 3.24. The average Bonchev–Trinajstić information content (AvgIpc) is 3.11. The summed E-state index contributed by atoms with van der Waals surface area (Å²) >= 11 is 0. The van der Waals surface area contributed by atoms with Crippen molar-refractivity contribution in [3.63, 3.8) is 0 Å². The van der Waals surface area contributed by atoms with Gasteiger partial charge in [0.25, 0.3) is 0 Å². The highest BCUT2D eigenvalue weighted by molar-refractivity contribution is 7.89. The molecule has 1 heterocycles. The van der Waals surface area contributed by atoms with Crippen LogP contribution in [-0.4, -0.2) is 35.0 Å². The van der Waals surface area contributed by atoms with Gasteiger partial charge in [-0.3, -0.25) is 0 Å². The molecular formula is C14H24N2O3S. The molecule has 0 atom stereocenters. The van der Waals surface area contributed by atoms with Gasteiger partial charge in [-0.1, -0.05) is 13.8 Å². The summed E-state index contributed by atoms with van der Waals surface area (Å²) in [6, 6.07) is 1.73. The minimum Gasteiger partial charge on any atom is -0.390 e. The maximum atomic E-state index is 12.7. The lowest BCUT2D eigenvalue weighted by Gasteiger charge is -2.22. The van der Waals surface area contributed by atoms with Crippen LogP contribution in [0, 0.1) is 5.92 Å². The molecule has 6 heteroatoms. The second-order valence-electron chi connectivity index (χ2n) is 5.97. The third-order valence-electron chi connectivity index (χ3n) is 3.73. The minimum atomic E-state index is -3.44. The molecule has 2 rings (SSSR count). The molecule has 1 aliphatic carbocycles. The number of hydrogen-bond acceptors (Lipinski definition) is 3. The van der Waals surface area contributed by atoms with Gasteiger partial charge >= 0.3 is 0 Å². The molecule has 1 aromatic heterocycles. The summed E-state index contributed by atoms with van der Waals surface area (Å²) in [6.45, 7) is 4.63. The summed E-state index contributed by atoms with van der Waals surface area (Å²) in [4.78, 5) is 0.291. The van der Waals surface area contributed by atoms with Gasteiger partial charge < -0.3 is 9.67 Å². The Morgan fingerprint density at radius 3 is 2.55 bits per heavy atom. The number of aliphatic hydroxyl groups excluding tert-OH is 1. The van der Waals surface area contributed by atoms with Crippen molar-refractivity contribution in [1.82, 2.24) is 8.87 Å². The molecular weight excluding hydrogens is 276 g/mol. The zero-order chi connectivity index (χ0) is 14.9. The molecule has 1 aliphatic rings. The normalized spacial score (nSPS) is 16.3. The first kappa shape index (κ1) is 15.5. The molecule has 0 unspecified atom stereocenters. The molecule has 5 nitrogen and oxygen atoms in total. The van der Waals surface area contributed by atoms with Gasteiger partial charge in [0.2, 0.25) is 10.0 Å². The van der Waals surface area contributed by atoms with Gasteiger partial charge in [0.1, 0.15) is 4.90 Å². The van der Waals surface area contributed by atoms with Gasteiger partial charge in [-0.2, -0.15) is 4.31 Å². The molecule has 1 aromatic rings. The van der Waals surface area contributed by atoms with E-state index in [0.717, 1.165) is 19.3 Å². The third-order valence-corrected chi connectivity index (χ3v) is 5.65. The highest BCUT2D eigenvalue weighted by atomic mass is 32.2. The maximum Gasteiger partial charge on any atom is 0.244 e. The van der Waals surface area contributed by atoms with Gasteiger partial charge in [0.05, 0.1) is 6.61 Å². The van der Waals surface area contributed by atoms with Gasteiger partial charge in [-0.15, -0.1) is 0 Å². The molecule has 0 aromatic carbocycles. The monoisotopic (exact) mass is 300 g/mol. The Labute approximate surface area is 121 Å². The Hall–Kier alpha value is -0.850. The number of sulfonamides is 1. The lowest BCUT2D eigenvalue weighted by molar-refractivity contribution is 0.272. The van der Waals surface area contributed by atoms with Crippen molar-refractivity contribution in [2.75, 3.05) is 6.54 Å². The van der Waals surface area contributed by atoms with E-state index in [2.05, 4.69) is 13.8 Å². The van der Waals surface area contributed by atoms with E-state index in [9.17, 15) is 13.5 Å². The fraction of sp³-hybridized carbons (Fsp3) is 0.714. The number of hydrogen-bond donors (Lipinski definition) is 1. The molecule has 0 saturated heterocycles. The van der Waals surface area contributed by atoms with Crippen molar-refractivity contribution in [1.29, 1.82) is 0 Å². The summed E-state index contributed by atoms with van der Waals surface area (Å²) in [5.41, 5.74) is 0.614. The van der Waals surface area contributed by atoms with Crippen molar-refractivity contribution >= 4 is 10.0 Å². The second kappa shape index (κ2) is 5.87. The van der Waals surface area contributed by atoms with Crippen LogP contribution in [0.3, 0.4) is 0 Å². The number of aryl methyl sites for hydroxylation is 1. The summed E-state index contributed by atoms with van der Waals surface area (Å²) in [5, 5.41) is 9.20. The summed E-state index contributed by atoms with van der Waals surface area (Å²) in [7, 11) is -1.69. The van der Waals surface area contributed by atoms with E-state index in [-0.39, 0.29) is 12.6 Å². The molecule has 0 radical (unpaired) electrons. The maximum absolute atomic E-state index is 12.7. The molecule has 114 valence electrons. The Kier molecular flexibility index (Phi) is 4.56. The smallest absolute Gasteiger partial charge is 0.244 e. The van der Waals surface area contributed by atoms with Gasteiger partial charge in [0.15, 0.2) is 0 Å². The van der Waals surface area contributed by atoms with Gasteiger partial charge in [0, 0.05) is 31.5 Å². The quantitative estimate of drug-likeness (QED) is 0.834. The minimum absolute atomic E-state index is 0.151. The molecule has 0 amide bonds. The van der Waals surface area contributed by atoms with E-state index < -0.39 is 10.0 Å². The average molecular weight is 300 g/mol. The Morgan fingerprint density at radius 1 is 1.45 bits per heavy atom. The zero-order valence-electron chi connectivity index (χ0n) is 12.4. The number of nitrogens with zero attached hydrogens (tertiary/aromatic N) is 2. The summed E-state index contributed by atoms with van der Waals surface area (Å²) in [6.07, 6.45) is 4.37. The molecule has 0 aliphatic heterocycles. The SMILES string of the molecule is CC(C)CCN(C1CC1)S(=O)(=O)c1cc(CO)n(C)c1. The highest BCUT2D eigenvalue weighted by Gasteiger charge is 2.38. The van der Waals surface area contributed by atoms with E-state index in [0.29, 0.717) is 23.1 Å². The molecule has 0 spiro atoms. The molecule has 20 heavy (non-hydrogen) atoms. The van der Waals surface area contributed by atoms with Crippen LogP contribution in [-0.2, 0) is 23.7 Å². The molecule has 0 bridgehead atoms. The largest absolute Gasteiger partial charge is 0.390 e. The van der Waals surface area contributed by atoms with E-state index >= 15 is 0 Å². The lowest BCUT2D eigenvalue weighted by atomic mass is 10.1.